The molecule has 0 saturated heterocycles. The monoisotopic (exact) mass is 282 g/mol. The van der Waals surface area contributed by atoms with E-state index in [2.05, 4.69) is 6.92 Å². The van der Waals surface area contributed by atoms with Crippen molar-refractivity contribution in [2.24, 2.45) is 5.92 Å². The Balaban J connectivity index is 2.39. The second-order valence-corrected chi connectivity index (χ2v) is 7.09. The predicted octanol–water partition coefficient (Wildman–Crippen LogP) is 3.93. The van der Waals surface area contributed by atoms with Crippen LogP contribution >= 0.6 is 0 Å². The molecule has 1 atom stereocenters. The van der Waals surface area contributed by atoms with Crippen LogP contribution in [0.15, 0.2) is 23.1 Å². The van der Waals surface area contributed by atoms with Crippen molar-refractivity contribution in [3.63, 3.8) is 0 Å². The van der Waals surface area contributed by atoms with Crippen LogP contribution in [0.2, 0.25) is 0 Å². The Morgan fingerprint density at radius 1 is 1.21 bits per heavy atom. The van der Waals surface area contributed by atoms with Gasteiger partial charge in [0.25, 0.3) is 10.1 Å². The van der Waals surface area contributed by atoms with E-state index >= 15 is 0 Å². The molecule has 0 bridgehead atoms. The van der Waals surface area contributed by atoms with E-state index in [0.717, 1.165) is 24.0 Å². The third kappa shape index (κ3) is 3.37. The van der Waals surface area contributed by atoms with Gasteiger partial charge in [0.05, 0.1) is 4.90 Å². The van der Waals surface area contributed by atoms with Crippen LogP contribution in [0.1, 0.15) is 56.1 Å². The lowest BCUT2D eigenvalue weighted by Crippen LogP contribution is -2.16. The van der Waals surface area contributed by atoms with Crippen LogP contribution in [0.3, 0.4) is 0 Å². The minimum atomic E-state index is -4.13. The maximum absolute atomic E-state index is 11.5. The number of aryl methyl sites for hydroxylation is 1. The SMILES string of the molecule is Cc1ccc(S(=O)(=O)O)c(C(C)C2CCCCC2)c1. The zero-order chi connectivity index (χ0) is 14.0. The third-order valence-corrected chi connectivity index (χ3v) is 5.22. The van der Waals surface area contributed by atoms with E-state index in [-0.39, 0.29) is 10.8 Å². The minimum Gasteiger partial charge on any atom is -0.282 e. The zero-order valence-corrected chi connectivity index (χ0v) is 12.4. The molecule has 1 fully saturated rings. The summed E-state index contributed by atoms with van der Waals surface area (Å²) < 4.78 is 32.4. The zero-order valence-electron chi connectivity index (χ0n) is 11.6. The molecule has 0 aromatic heterocycles. The lowest BCUT2D eigenvalue weighted by molar-refractivity contribution is 0.313. The molecule has 4 heteroatoms. The fraction of sp³-hybridized carbons (Fsp3) is 0.600. The molecule has 0 aliphatic heterocycles. The van der Waals surface area contributed by atoms with Gasteiger partial charge in [0, 0.05) is 0 Å². The van der Waals surface area contributed by atoms with Gasteiger partial charge in [-0.15, -0.1) is 0 Å². The summed E-state index contributed by atoms with van der Waals surface area (Å²) in [6.45, 7) is 4.03. The normalized spacial score (nSPS) is 19.3. The van der Waals surface area contributed by atoms with E-state index in [9.17, 15) is 13.0 Å². The van der Waals surface area contributed by atoms with E-state index in [0.29, 0.717) is 5.92 Å². The Morgan fingerprint density at radius 2 is 1.84 bits per heavy atom. The van der Waals surface area contributed by atoms with Crippen molar-refractivity contribution in [3.8, 4) is 0 Å². The summed E-state index contributed by atoms with van der Waals surface area (Å²) in [5, 5.41) is 0. The molecular weight excluding hydrogens is 260 g/mol. The summed E-state index contributed by atoms with van der Waals surface area (Å²) in [6.07, 6.45) is 6.03. The van der Waals surface area contributed by atoms with Crippen LogP contribution in [-0.4, -0.2) is 13.0 Å². The first-order chi connectivity index (χ1) is 8.89. The quantitative estimate of drug-likeness (QED) is 0.855. The molecule has 1 aromatic carbocycles. The molecule has 19 heavy (non-hydrogen) atoms. The van der Waals surface area contributed by atoms with Gasteiger partial charge in [-0.2, -0.15) is 8.42 Å². The van der Waals surface area contributed by atoms with Crippen molar-refractivity contribution in [1.29, 1.82) is 0 Å². The molecule has 2 rings (SSSR count). The fourth-order valence-corrected chi connectivity index (χ4v) is 3.93. The average Bonchev–Trinajstić information content (AvgIpc) is 2.37. The van der Waals surface area contributed by atoms with Crippen molar-refractivity contribution < 1.29 is 13.0 Å². The molecule has 0 radical (unpaired) electrons. The summed E-state index contributed by atoms with van der Waals surface area (Å²) in [4.78, 5) is 0.0798. The Labute approximate surface area is 115 Å². The highest BCUT2D eigenvalue weighted by atomic mass is 32.2. The van der Waals surface area contributed by atoms with E-state index in [1.165, 1.54) is 25.3 Å². The Hall–Kier alpha value is -0.870. The van der Waals surface area contributed by atoms with Gasteiger partial charge in [0.2, 0.25) is 0 Å². The number of hydrogen-bond acceptors (Lipinski definition) is 2. The highest BCUT2D eigenvalue weighted by molar-refractivity contribution is 7.85. The second kappa shape index (κ2) is 5.63. The van der Waals surface area contributed by atoms with Crippen molar-refractivity contribution in [1.82, 2.24) is 0 Å². The standard InChI is InChI=1S/C15H22O3S/c1-11-8-9-15(19(16,17)18)14(10-11)12(2)13-6-4-3-5-7-13/h8-10,12-13H,3-7H2,1-2H3,(H,16,17,18). The van der Waals surface area contributed by atoms with Crippen LogP contribution in [-0.2, 0) is 10.1 Å². The molecule has 0 heterocycles. The van der Waals surface area contributed by atoms with Crippen molar-refractivity contribution in [3.05, 3.63) is 29.3 Å². The summed E-state index contributed by atoms with van der Waals surface area (Å²) in [5.74, 6) is 0.702. The number of benzene rings is 1. The van der Waals surface area contributed by atoms with Gasteiger partial charge in [-0.05, 0) is 43.2 Å². The topological polar surface area (TPSA) is 54.4 Å². The Kier molecular flexibility index (Phi) is 4.31. The largest absolute Gasteiger partial charge is 0.294 e. The van der Waals surface area contributed by atoms with E-state index in [4.69, 9.17) is 0 Å². The van der Waals surface area contributed by atoms with Crippen molar-refractivity contribution in [2.45, 2.75) is 56.8 Å². The van der Waals surface area contributed by atoms with Crippen molar-refractivity contribution >= 4 is 10.1 Å². The lowest BCUT2D eigenvalue weighted by Gasteiger charge is -2.29. The highest BCUT2D eigenvalue weighted by Gasteiger charge is 2.26. The van der Waals surface area contributed by atoms with Gasteiger partial charge in [-0.1, -0.05) is 43.9 Å². The van der Waals surface area contributed by atoms with Gasteiger partial charge < -0.3 is 0 Å². The second-order valence-electron chi connectivity index (χ2n) is 5.70. The third-order valence-electron chi connectivity index (χ3n) is 4.29. The molecule has 1 unspecified atom stereocenters. The first-order valence-electron chi connectivity index (χ1n) is 6.97. The smallest absolute Gasteiger partial charge is 0.282 e. The molecule has 1 aliphatic rings. The summed E-state index contributed by atoms with van der Waals surface area (Å²) in [6, 6.07) is 5.17. The summed E-state index contributed by atoms with van der Waals surface area (Å²) >= 11 is 0. The van der Waals surface area contributed by atoms with E-state index in [1.807, 2.05) is 13.0 Å². The van der Waals surface area contributed by atoms with Crippen LogP contribution in [0, 0.1) is 12.8 Å². The van der Waals surface area contributed by atoms with Gasteiger partial charge in [0.1, 0.15) is 0 Å². The first-order valence-corrected chi connectivity index (χ1v) is 8.41. The molecule has 106 valence electrons. The molecule has 3 nitrogen and oxygen atoms in total. The lowest BCUT2D eigenvalue weighted by atomic mass is 9.77. The first kappa shape index (κ1) is 14.5. The molecule has 0 amide bonds. The highest BCUT2D eigenvalue weighted by Crippen LogP contribution is 2.38. The number of rotatable bonds is 3. The van der Waals surface area contributed by atoms with Crippen LogP contribution in [0.5, 0.6) is 0 Å². The van der Waals surface area contributed by atoms with Crippen molar-refractivity contribution in [2.75, 3.05) is 0 Å². The van der Waals surface area contributed by atoms with Gasteiger partial charge >= 0.3 is 0 Å². The van der Waals surface area contributed by atoms with E-state index in [1.54, 1.807) is 6.07 Å². The fourth-order valence-electron chi connectivity index (χ4n) is 3.15. The summed E-state index contributed by atoms with van der Waals surface area (Å²) in [7, 11) is -4.13. The molecule has 1 saturated carbocycles. The maximum Gasteiger partial charge on any atom is 0.294 e. The number of hydrogen-bond donors (Lipinski definition) is 1. The van der Waals surface area contributed by atoms with Crippen LogP contribution in [0.4, 0.5) is 0 Å². The van der Waals surface area contributed by atoms with Gasteiger partial charge in [-0.25, -0.2) is 0 Å². The average molecular weight is 282 g/mol. The molecule has 1 aromatic rings. The minimum absolute atomic E-state index is 0.0798. The summed E-state index contributed by atoms with van der Waals surface area (Å²) in [5.41, 5.74) is 1.81. The van der Waals surface area contributed by atoms with E-state index < -0.39 is 10.1 Å². The van der Waals surface area contributed by atoms with Gasteiger partial charge in [0.15, 0.2) is 0 Å². The van der Waals surface area contributed by atoms with Crippen LogP contribution < -0.4 is 0 Å². The maximum atomic E-state index is 11.5. The Morgan fingerprint density at radius 3 is 2.42 bits per heavy atom. The van der Waals surface area contributed by atoms with Crippen LogP contribution in [0.25, 0.3) is 0 Å². The van der Waals surface area contributed by atoms with Gasteiger partial charge in [-0.3, -0.25) is 4.55 Å². The molecule has 1 aliphatic carbocycles. The molecule has 1 N–H and O–H groups in total. The predicted molar refractivity (Wildman–Crippen MR) is 76.0 cm³/mol. The Bertz CT molecular complexity index is 543. The molecular formula is C15H22O3S. The molecule has 0 spiro atoms.